The highest BCUT2D eigenvalue weighted by Gasteiger charge is 2.55. The summed E-state index contributed by atoms with van der Waals surface area (Å²) in [6.45, 7) is 6.15. The summed E-state index contributed by atoms with van der Waals surface area (Å²) in [6.07, 6.45) is -15.6. The quantitative estimate of drug-likeness (QED) is 0.203. The lowest BCUT2D eigenvalue weighted by atomic mass is 9.97. The van der Waals surface area contributed by atoms with Crippen molar-refractivity contribution in [3.8, 4) is 0 Å². The highest BCUT2D eigenvalue weighted by Crippen LogP contribution is 2.32. The predicted molar refractivity (Wildman–Crippen MR) is 135 cm³/mol. The van der Waals surface area contributed by atoms with E-state index in [0.29, 0.717) is 0 Å². The highest BCUT2D eigenvalue weighted by atomic mass is 16.7. The maximum absolute atomic E-state index is 12.1. The molecule has 0 bridgehead atoms. The molecule has 10 atom stereocenters. The Labute approximate surface area is 251 Å². The van der Waals surface area contributed by atoms with E-state index >= 15 is 0 Å². The molecule has 0 amide bonds. The van der Waals surface area contributed by atoms with Crippen LogP contribution in [0.2, 0.25) is 0 Å². The van der Waals surface area contributed by atoms with E-state index in [1.807, 2.05) is 0 Å². The zero-order valence-electron chi connectivity index (χ0n) is 25.1. The van der Waals surface area contributed by atoms with Crippen LogP contribution in [0.4, 0.5) is 0 Å². The molecule has 18 heteroatoms. The van der Waals surface area contributed by atoms with Crippen LogP contribution in [-0.2, 0) is 80.9 Å². The molecule has 0 aliphatic carbocycles. The summed E-state index contributed by atoms with van der Waals surface area (Å²) in [5.41, 5.74) is 0. The van der Waals surface area contributed by atoms with Crippen LogP contribution >= 0.6 is 0 Å². The third-order valence-corrected chi connectivity index (χ3v) is 5.89. The van der Waals surface area contributed by atoms with Crippen LogP contribution < -0.4 is 0 Å². The molecule has 0 saturated carbocycles. The van der Waals surface area contributed by atoms with Crippen molar-refractivity contribution in [2.75, 3.05) is 13.2 Å². The second-order valence-corrected chi connectivity index (χ2v) is 9.69. The van der Waals surface area contributed by atoms with Crippen LogP contribution in [0.1, 0.15) is 48.5 Å². The van der Waals surface area contributed by atoms with Gasteiger partial charge in [-0.2, -0.15) is 0 Å². The number of aliphatic hydroxyl groups is 1. The van der Waals surface area contributed by atoms with E-state index in [4.69, 9.17) is 47.4 Å². The van der Waals surface area contributed by atoms with Gasteiger partial charge in [-0.1, -0.05) is 0 Å². The molecule has 248 valence electrons. The molecule has 2 saturated heterocycles. The standard InChI is InChI=1S/C26H36O18/c1-10(27)35-8-18-20(38-12(3)29)22(40-14(5)31)24(42-16(7)33)26(44-18)36-9-17-19(37-11(2)28)21(39-13(4)30)23(25(34)43-17)41-15(6)32/h17-26,34H,8-9H2,1-7H3/t17-,18-,19-,20+,21+,22+,23+,24-,25+,26-/m1/s1. The molecule has 0 aromatic rings. The van der Waals surface area contributed by atoms with E-state index in [1.54, 1.807) is 0 Å². The van der Waals surface area contributed by atoms with Gasteiger partial charge in [0.2, 0.25) is 0 Å². The fourth-order valence-corrected chi connectivity index (χ4v) is 4.52. The van der Waals surface area contributed by atoms with Gasteiger partial charge in [0.05, 0.1) is 6.61 Å². The number of aliphatic hydroxyl groups excluding tert-OH is 1. The fraction of sp³-hybridized carbons (Fsp3) is 0.731. The van der Waals surface area contributed by atoms with Crippen molar-refractivity contribution < 1.29 is 86.0 Å². The molecular formula is C26H36O18. The number of carbonyl (C=O) groups excluding carboxylic acids is 7. The zero-order chi connectivity index (χ0) is 33.3. The molecule has 2 aliphatic heterocycles. The molecule has 0 aromatic carbocycles. The molecule has 0 radical (unpaired) electrons. The molecule has 0 aromatic heterocycles. The van der Waals surface area contributed by atoms with E-state index in [1.165, 1.54) is 0 Å². The topological polar surface area (TPSA) is 232 Å². The largest absolute Gasteiger partial charge is 0.463 e. The summed E-state index contributed by atoms with van der Waals surface area (Å²) in [5, 5.41) is 10.6. The second kappa shape index (κ2) is 16.3. The van der Waals surface area contributed by atoms with Gasteiger partial charge in [-0.3, -0.25) is 33.6 Å². The number of hydrogen-bond donors (Lipinski definition) is 1. The fourth-order valence-electron chi connectivity index (χ4n) is 4.52. The van der Waals surface area contributed by atoms with Crippen LogP contribution in [0.25, 0.3) is 0 Å². The van der Waals surface area contributed by atoms with Gasteiger partial charge in [0.15, 0.2) is 49.2 Å². The van der Waals surface area contributed by atoms with Gasteiger partial charge in [-0.25, -0.2) is 0 Å². The number of carbonyl (C=O) groups is 7. The number of rotatable bonds is 11. The molecule has 2 fully saturated rings. The van der Waals surface area contributed by atoms with Gasteiger partial charge >= 0.3 is 41.8 Å². The van der Waals surface area contributed by atoms with E-state index < -0.39 is 116 Å². The second-order valence-electron chi connectivity index (χ2n) is 9.69. The van der Waals surface area contributed by atoms with Gasteiger partial charge in [0.25, 0.3) is 0 Å². The first kappa shape index (κ1) is 36.3. The minimum absolute atomic E-state index is 0.523. The van der Waals surface area contributed by atoms with Crippen LogP contribution in [0.15, 0.2) is 0 Å². The number of ether oxygens (including phenoxy) is 10. The predicted octanol–water partition coefficient (Wildman–Crippen LogP) is -1.40. The van der Waals surface area contributed by atoms with Crippen molar-refractivity contribution >= 4 is 41.8 Å². The minimum Gasteiger partial charge on any atom is -0.463 e. The molecular weight excluding hydrogens is 600 g/mol. The molecule has 2 aliphatic rings. The number of esters is 7. The van der Waals surface area contributed by atoms with E-state index in [0.717, 1.165) is 48.5 Å². The lowest BCUT2D eigenvalue weighted by Gasteiger charge is -2.45. The molecule has 1 N–H and O–H groups in total. The van der Waals surface area contributed by atoms with Crippen molar-refractivity contribution in [2.24, 2.45) is 0 Å². The molecule has 18 nitrogen and oxygen atoms in total. The minimum atomic E-state index is -1.90. The third kappa shape index (κ3) is 10.7. The van der Waals surface area contributed by atoms with Crippen molar-refractivity contribution in [1.82, 2.24) is 0 Å². The first-order valence-corrected chi connectivity index (χ1v) is 13.3. The Bertz CT molecular complexity index is 1090. The van der Waals surface area contributed by atoms with E-state index in [9.17, 15) is 38.7 Å². The molecule has 2 rings (SSSR count). The van der Waals surface area contributed by atoms with Crippen LogP contribution in [0.5, 0.6) is 0 Å². The van der Waals surface area contributed by atoms with E-state index in [-0.39, 0.29) is 0 Å². The first-order chi connectivity index (χ1) is 20.5. The maximum Gasteiger partial charge on any atom is 0.303 e. The molecule has 2 heterocycles. The first-order valence-electron chi connectivity index (χ1n) is 13.3. The maximum atomic E-state index is 12.1. The summed E-state index contributed by atoms with van der Waals surface area (Å²) < 4.78 is 53.7. The van der Waals surface area contributed by atoms with Gasteiger partial charge in [-0.15, -0.1) is 0 Å². The molecule has 44 heavy (non-hydrogen) atoms. The summed E-state index contributed by atoms with van der Waals surface area (Å²) in [4.78, 5) is 83.0. The van der Waals surface area contributed by atoms with Gasteiger partial charge in [0, 0.05) is 48.5 Å². The van der Waals surface area contributed by atoms with Crippen molar-refractivity contribution in [1.29, 1.82) is 0 Å². The Morgan fingerprint density at radius 2 is 0.841 bits per heavy atom. The lowest BCUT2D eigenvalue weighted by molar-refractivity contribution is -0.330. The lowest BCUT2D eigenvalue weighted by Crippen LogP contribution is -2.64. The average Bonchev–Trinajstić information content (AvgIpc) is 2.87. The Balaban J connectivity index is 2.48. The smallest absolute Gasteiger partial charge is 0.303 e. The zero-order valence-corrected chi connectivity index (χ0v) is 25.1. The molecule has 0 unspecified atom stereocenters. The van der Waals surface area contributed by atoms with Crippen molar-refractivity contribution in [3.63, 3.8) is 0 Å². The van der Waals surface area contributed by atoms with Gasteiger partial charge < -0.3 is 52.5 Å². The third-order valence-electron chi connectivity index (χ3n) is 5.89. The van der Waals surface area contributed by atoms with Crippen LogP contribution in [0, 0.1) is 0 Å². The Hall–Kier alpha value is -3.87. The highest BCUT2D eigenvalue weighted by molar-refractivity contribution is 5.69. The van der Waals surface area contributed by atoms with E-state index in [2.05, 4.69) is 0 Å². The monoisotopic (exact) mass is 636 g/mol. The number of hydrogen-bond acceptors (Lipinski definition) is 18. The van der Waals surface area contributed by atoms with Crippen molar-refractivity contribution in [3.05, 3.63) is 0 Å². The summed E-state index contributed by atoms with van der Waals surface area (Å²) >= 11 is 0. The normalized spacial score (nSPS) is 31.5. The Morgan fingerprint density at radius 1 is 0.477 bits per heavy atom. The van der Waals surface area contributed by atoms with Gasteiger partial charge in [0.1, 0.15) is 18.8 Å². The van der Waals surface area contributed by atoms with Gasteiger partial charge in [-0.05, 0) is 0 Å². The average molecular weight is 637 g/mol. The molecule has 0 spiro atoms. The van der Waals surface area contributed by atoms with Crippen LogP contribution in [-0.4, -0.2) is 122 Å². The van der Waals surface area contributed by atoms with Crippen molar-refractivity contribution in [2.45, 2.75) is 110 Å². The summed E-state index contributed by atoms with van der Waals surface area (Å²) in [5.74, 6) is -5.94. The Morgan fingerprint density at radius 3 is 1.27 bits per heavy atom. The SMILES string of the molecule is CC(=O)OC[C@H]1O[C@@H](OC[C@H]2O[C@H](O)[C@@H](OC(C)=O)[C@@H](OC(C)=O)[C@@H]2OC(C)=O)[C@H](OC(C)=O)[C@@H](OC(C)=O)[C@H]1OC(C)=O. The summed E-state index contributed by atoms with van der Waals surface area (Å²) in [7, 11) is 0. The summed E-state index contributed by atoms with van der Waals surface area (Å²) in [6, 6.07) is 0. The van der Waals surface area contributed by atoms with Crippen LogP contribution in [0.3, 0.4) is 0 Å². The Kier molecular flexibility index (Phi) is 13.4.